The van der Waals surface area contributed by atoms with Gasteiger partial charge in [-0.1, -0.05) is 71.2 Å². The third kappa shape index (κ3) is 3.57. The first kappa shape index (κ1) is 20.7. The molecule has 160 valence electrons. The highest BCUT2D eigenvalue weighted by Crippen LogP contribution is 2.45. The lowest BCUT2D eigenvalue weighted by Gasteiger charge is -2.27. The molecule has 2 heterocycles. The quantitative estimate of drug-likeness (QED) is 0.370. The number of rotatable bonds is 4. The van der Waals surface area contributed by atoms with E-state index in [1.807, 2.05) is 37.3 Å². The Morgan fingerprint density at radius 1 is 1.03 bits per heavy atom. The molecule has 1 amide bonds. The molecule has 4 aromatic rings. The van der Waals surface area contributed by atoms with Gasteiger partial charge in [0.15, 0.2) is 0 Å². The van der Waals surface area contributed by atoms with Gasteiger partial charge in [-0.05, 0) is 42.3 Å². The highest BCUT2D eigenvalue weighted by molar-refractivity contribution is 6.35. The Labute approximate surface area is 194 Å². The Morgan fingerprint density at radius 2 is 1.75 bits per heavy atom. The molecular weight excluding hydrogens is 448 g/mol. The van der Waals surface area contributed by atoms with Crippen molar-refractivity contribution in [1.82, 2.24) is 15.1 Å². The summed E-state index contributed by atoms with van der Waals surface area (Å²) in [6, 6.07) is 18.9. The second kappa shape index (κ2) is 8.08. The van der Waals surface area contributed by atoms with Crippen molar-refractivity contribution in [3.8, 4) is 11.3 Å². The number of halogens is 3. The maximum atomic E-state index is 13.4. The molecule has 7 heteroatoms. The number of fused-ring (bicyclic) bond motifs is 1. The number of hydrogen-bond donors (Lipinski definition) is 1. The summed E-state index contributed by atoms with van der Waals surface area (Å²) in [7, 11) is 0. The number of hydrogen-bond acceptors (Lipinski definition) is 2. The topological polar surface area (TPSA) is 49.0 Å². The number of aromatic nitrogens is 2. The lowest BCUT2D eigenvalue weighted by Crippen LogP contribution is -2.29. The van der Waals surface area contributed by atoms with E-state index in [0.29, 0.717) is 28.0 Å². The summed E-state index contributed by atoms with van der Waals surface area (Å²) in [6.07, 6.45) is 0. The van der Waals surface area contributed by atoms with E-state index in [2.05, 4.69) is 10.2 Å². The molecule has 1 unspecified atom stereocenters. The first-order valence-electron chi connectivity index (χ1n) is 10.1. The van der Waals surface area contributed by atoms with Crippen LogP contribution in [0.1, 0.15) is 38.8 Å². The molecule has 4 nitrogen and oxygen atoms in total. The molecule has 0 aliphatic carbocycles. The van der Waals surface area contributed by atoms with Crippen LogP contribution >= 0.6 is 23.2 Å². The third-order valence-corrected chi connectivity index (χ3v) is 6.27. The standard InChI is InChI=1S/C25H18Cl2FN3O/c1-14-2-6-16(7-3-14)22-21-23(30-29-22)25(32)31(13-15-4-9-18(28)10-5-15)24(21)19-11-8-17(26)12-20(19)27/h2-12,24H,13H2,1H3,(H,29,30). The van der Waals surface area contributed by atoms with Crippen molar-refractivity contribution in [3.63, 3.8) is 0 Å². The zero-order valence-electron chi connectivity index (χ0n) is 17.1. The number of amides is 1. The van der Waals surface area contributed by atoms with Crippen LogP contribution in [0.15, 0.2) is 66.7 Å². The minimum Gasteiger partial charge on any atom is -0.322 e. The first-order valence-corrected chi connectivity index (χ1v) is 10.8. The first-order chi connectivity index (χ1) is 15.4. The van der Waals surface area contributed by atoms with Crippen LogP contribution in [0.2, 0.25) is 10.0 Å². The van der Waals surface area contributed by atoms with E-state index in [0.717, 1.165) is 27.8 Å². The molecule has 3 aromatic carbocycles. The fourth-order valence-corrected chi connectivity index (χ4v) is 4.64. The molecule has 1 aliphatic rings. The van der Waals surface area contributed by atoms with Crippen molar-refractivity contribution < 1.29 is 9.18 Å². The van der Waals surface area contributed by atoms with Crippen molar-refractivity contribution >= 4 is 29.1 Å². The highest BCUT2D eigenvalue weighted by atomic mass is 35.5. The maximum Gasteiger partial charge on any atom is 0.273 e. The van der Waals surface area contributed by atoms with Gasteiger partial charge in [0.2, 0.25) is 0 Å². The fraction of sp³-hybridized carbons (Fsp3) is 0.120. The molecule has 0 saturated heterocycles. The van der Waals surface area contributed by atoms with Crippen LogP contribution in [0.25, 0.3) is 11.3 Å². The molecule has 1 aromatic heterocycles. The molecule has 32 heavy (non-hydrogen) atoms. The minimum atomic E-state index is -0.470. The van der Waals surface area contributed by atoms with Crippen LogP contribution in [0.3, 0.4) is 0 Å². The lowest BCUT2D eigenvalue weighted by atomic mass is 9.95. The number of nitrogens with one attached hydrogen (secondary N) is 1. The van der Waals surface area contributed by atoms with Gasteiger partial charge >= 0.3 is 0 Å². The number of nitrogens with zero attached hydrogens (tertiary/aromatic N) is 2. The maximum absolute atomic E-state index is 13.4. The van der Waals surface area contributed by atoms with Crippen LogP contribution in [-0.4, -0.2) is 21.0 Å². The summed E-state index contributed by atoms with van der Waals surface area (Å²) >= 11 is 12.7. The molecule has 1 N–H and O–H groups in total. The second-order valence-corrected chi connectivity index (χ2v) is 8.70. The van der Waals surface area contributed by atoms with Crippen LogP contribution in [-0.2, 0) is 6.54 Å². The van der Waals surface area contributed by atoms with Crippen molar-refractivity contribution in [2.75, 3.05) is 0 Å². The van der Waals surface area contributed by atoms with E-state index in [9.17, 15) is 9.18 Å². The Hall–Kier alpha value is -3.15. The number of carbonyl (C=O) groups is 1. The van der Waals surface area contributed by atoms with E-state index in [-0.39, 0.29) is 11.7 Å². The molecular formula is C25H18Cl2FN3O. The molecule has 1 atom stereocenters. The fourth-order valence-electron chi connectivity index (χ4n) is 4.12. The van der Waals surface area contributed by atoms with Gasteiger partial charge in [0.05, 0.1) is 11.7 Å². The van der Waals surface area contributed by atoms with Gasteiger partial charge in [-0.15, -0.1) is 0 Å². The number of benzene rings is 3. The number of aromatic amines is 1. The largest absolute Gasteiger partial charge is 0.322 e. The lowest BCUT2D eigenvalue weighted by molar-refractivity contribution is 0.0730. The summed E-state index contributed by atoms with van der Waals surface area (Å²) in [5.41, 5.74) is 5.49. The van der Waals surface area contributed by atoms with Gasteiger partial charge in [-0.25, -0.2) is 4.39 Å². The Balaban J connectivity index is 1.66. The van der Waals surface area contributed by atoms with Crippen molar-refractivity contribution in [1.29, 1.82) is 0 Å². The van der Waals surface area contributed by atoms with Crippen molar-refractivity contribution in [3.05, 3.63) is 111 Å². The normalized spacial score (nSPS) is 15.3. The molecule has 1 aliphatic heterocycles. The van der Waals surface area contributed by atoms with Crippen LogP contribution in [0.4, 0.5) is 4.39 Å². The number of carbonyl (C=O) groups excluding carboxylic acids is 1. The van der Waals surface area contributed by atoms with Crippen molar-refractivity contribution in [2.24, 2.45) is 0 Å². The van der Waals surface area contributed by atoms with E-state index in [1.54, 1.807) is 29.2 Å². The van der Waals surface area contributed by atoms with E-state index >= 15 is 0 Å². The Morgan fingerprint density at radius 3 is 2.44 bits per heavy atom. The van der Waals surface area contributed by atoms with Gasteiger partial charge in [0.25, 0.3) is 5.91 Å². The summed E-state index contributed by atoms with van der Waals surface area (Å²) in [5, 5.41) is 8.38. The van der Waals surface area contributed by atoms with E-state index in [4.69, 9.17) is 23.2 Å². The summed E-state index contributed by atoms with van der Waals surface area (Å²) in [6.45, 7) is 2.31. The van der Waals surface area contributed by atoms with Crippen LogP contribution in [0.5, 0.6) is 0 Å². The monoisotopic (exact) mass is 465 g/mol. The zero-order valence-corrected chi connectivity index (χ0v) is 18.6. The van der Waals surface area contributed by atoms with Crippen LogP contribution in [0, 0.1) is 12.7 Å². The van der Waals surface area contributed by atoms with Gasteiger partial charge in [0.1, 0.15) is 11.5 Å². The Bertz CT molecular complexity index is 1320. The molecule has 0 radical (unpaired) electrons. The van der Waals surface area contributed by atoms with Gasteiger partial charge < -0.3 is 4.90 Å². The highest BCUT2D eigenvalue weighted by Gasteiger charge is 2.42. The smallest absolute Gasteiger partial charge is 0.273 e. The summed E-state index contributed by atoms with van der Waals surface area (Å²) in [4.78, 5) is 15.2. The molecule has 0 bridgehead atoms. The van der Waals surface area contributed by atoms with Crippen LogP contribution < -0.4 is 0 Å². The van der Waals surface area contributed by atoms with Gasteiger partial charge in [-0.3, -0.25) is 9.89 Å². The average Bonchev–Trinajstić information content (AvgIpc) is 3.31. The molecule has 0 spiro atoms. The minimum absolute atomic E-state index is 0.189. The predicted octanol–water partition coefficient (Wildman–Crippen LogP) is 6.58. The number of H-pyrrole nitrogens is 1. The molecule has 0 saturated carbocycles. The Kier molecular flexibility index (Phi) is 5.24. The van der Waals surface area contributed by atoms with E-state index in [1.165, 1.54) is 12.1 Å². The average molecular weight is 466 g/mol. The SMILES string of the molecule is Cc1ccc(-c2n[nH]c3c2C(c2ccc(Cl)cc2Cl)N(Cc2ccc(F)cc2)C3=O)cc1. The molecule has 5 rings (SSSR count). The van der Waals surface area contributed by atoms with Crippen molar-refractivity contribution in [2.45, 2.75) is 19.5 Å². The van der Waals surface area contributed by atoms with Gasteiger partial charge in [-0.2, -0.15) is 5.10 Å². The third-order valence-electron chi connectivity index (χ3n) is 5.71. The summed E-state index contributed by atoms with van der Waals surface area (Å²) in [5.74, 6) is -0.513. The zero-order chi connectivity index (χ0) is 22.4. The predicted molar refractivity (Wildman–Crippen MR) is 123 cm³/mol. The molecule has 0 fully saturated rings. The number of aryl methyl sites for hydroxylation is 1. The second-order valence-electron chi connectivity index (χ2n) is 7.85. The van der Waals surface area contributed by atoms with Gasteiger partial charge in [0, 0.05) is 27.7 Å². The summed E-state index contributed by atoms with van der Waals surface area (Å²) < 4.78 is 13.4. The van der Waals surface area contributed by atoms with E-state index < -0.39 is 6.04 Å².